The largest absolute Gasteiger partial charge is 0.496 e. The van der Waals surface area contributed by atoms with Gasteiger partial charge in [-0.15, -0.1) is 0 Å². The van der Waals surface area contributed by atoms with E-state index in [-0.39, 0.29) is 5.91 Å². The van der Waals surface area contributed by atoms with Crippen molar-refractivity contribution in [3.8, 4) is 5.75 Å². The Morgan fingerprint density at radius 1 is 1.38 bits per heavy atom. The molecule has 2 saturated heterocycles. The molecule has 1 spiro atoms. The molecule has 2 heterocycles. The molecule has 24 heavy (non-hydrogen) atoms. The molecular weight excluding hydrogens is 304 g/mol. The number of hydrogen-bond donors (Lipinski definition) is 2. The van der Waals surface area contributed by atoms with Crippen molar-refractivity contribution in [2.75, 3.05) is 26.7 Å². The average molecular weight is 332 g/mol. The van der Waals surface area contributed by atoms with Crippen molar-refractivity contribution in [2.45, 2.75) is 45.8 Å². The summed E-state index contributed by atoms with van der Waals surface area (Å²) in [5.41, 5.74) is 2.95. The molecule has 2 atom stereocenters. The summed E-state index contributed by atoms with van der Waals surface area (Å²) in [6, 6.07) is 4.25. The fraction of sp³-hybridized carbons (Fsp3) is 0.632. The Bertz CT molecular complexity index is 631. The van der Waals surface area contributed by atoms with E-state index in [2.05, 4.69) is 36.2 Å². The summed E-state index contributed by atoms with van der Waals surface area (Å²) < 4.78 is 5.39. The monoisotopic (exact) mass is 332 g/mol. The summed E-state index contributed by atoms with van der Waals surface area (Å²) in [4.78, 5) is 14.8. The number of benzene rings is 1. The van der Waals surface area contributed by atoms with E-state index in [0.29, 0.717) is 13.0 Å². The summed E-state index contributed by atoms with van der Waals surface area (Å²) in [7, 11) is 1.69. The predicted molar refractivity (Wildman–Crippen MR) is 93.0 cm³/mol. The Hall–Kier alpha value is -1.59. The van der Waals surface area contributed by atoms with Gasteiger partial charge in [-0.3, -0.25) is 9.69 Å². The molecule has 0 bridgehead atoms. The zero-order valence-corrected chi connectivity index (χ0v) is 14.9. The number of amides is 1. The van der Waals surface area contributed by atoms with Crippen molar-refractivity contribution in [2.24, 2.45) is 5.41 Å². The summed E-state index contributed by atoms with van der Waals surface area (Å²) >= 11 is 0. The molecule has 2 N–H and O–H groups in total. The molecule has 1 aromatic carbocycles. The molecule has 0 radical (unpaired) electrons. The lowest BCUT2D eigenvalue weighted by Crippen LogP contribution is -2.61. The Labute approximate surface area is 144 Å². The van der Waals surface area contributed by atoms with Crippen LogP contribution < -0.4 is 10.1 Å². The second-order valence-electron chi connectivity index (χ2n) is 7.28. The smallest absolute Gasteiger partial charge is 0.230 e. The highest BCUT2D eigenvalue weighted by atomic mass is 16.5. The van der Waals surface area contributed by atoms with E-state index in [1.807, 2.05) is 0 Å². The third-order valence-electron chi connectivity index (χ3n) is 5.65. The van der Waals surface area contributed by atoms with Crippen molar-refractivity contribution < 1.29 is 14.6 Å². The number of nitrogens with zero attached hydrogens (tertiary/aromatic N) is 1. The van der Waals surface area contributed by atoms with Crippen LogP contribution in [-0.4, -0.2) is 48.8 Å². The number of aliphatic hydroxyl groups is 1. The number of nitrogens with one attached hydrogen (secondary N) is 1. The van der Waals surface area contributed by atoms with E-state index in [1.54, 1.807) is 7.11 Å². The maximum atomic E-state index is 12.5. The van der Waals surface area contributed by atoms with Crippen LogP contribution in [-0.2, 0) is 11.3 Å². The maximum absolute atomic E-state index is 12.5. The molecule has 2 aliphatic heterocycles. The summed E-state index contributed by atoms with van der Waals surface area (Å²) in [6.07, 6.45) is 1.84. The molecule has 3 rings (SSSR count). The third-order valence-corrected chi connectivity index (χ3v) is 5.65. The van der Waals surface area contributed by atoms with Crippen molar-refractivity contribution in [3.63, 3.8) is 0 Å². The number of carbonyl (C=O) groups excluding carboxylic acids is 1. The lowest BCUT2D eigenvalue weighted by molar-refractivity contribution is -0.149. The van der Waals surface area contributed by atoms with Crippen molar-refractivity contribution in [1.29, 1.82) is 0 Å². The van der Waals surface area contributed by atoms with Gasteiger partial charge in [0.1, 0.15) is 5.75 Å². The van der Waals surface area contributed by atoms with Crippen LogP contribution in [0.2, 0.25) is 0 Å². The minimum Gasteiger partial charge on any atom is -0.496 e. The molecule has 0 aliphatic carbocycles. The number of piperidine rings is 2. The van der Waals surface area contributed by atoms with Gasteiger partial charge in [-0.1, -0.05) is 6.07 Å². The van der Waals surface area contributed by atoms with E-state index in [0.717, 1.165) is 43.8 Å². The summed E-state index contributed by atoms with van der Waals surface area (Å²) in [5, 5.41) is 13.5. The first-order chi connectivity index (χ1) is 11.5. The van der Waals surface area contributed by atoms with E-state index < -0.39 is 11.5 Å². The number of aliphatic hydroxyl groups excluding tert-OH is 1. The summed E-state index contributed by atoms with van der Waals surface area (Å²) in [5.74, 6) is 0.932. The Balaban J connectivity index is 1.79. The molecule has 1 amide bonds. The maximum Gasteiger partial charge on any atom is 0.230 e. The lowest BCUT2D eigenvalue weighted by atomic mass is 9.71. The van der Waals surface area contributed by atoms with Crippen LogP contribution in [0.25, 0.3) is 0 Å². The average Bonchev–Trinajstić information content (AvgIpc) is 2.56. The molecule has 132 valence electrons. The van der Waals surface area contributed by atoms with Crippen LogP contribution in [0, 0.1) is 19.3 Å². The highest BCUT2D eigenvalue weighted by molar-refractivity contribution is 5.84. The van der Waals surface area contributed by atoms with E-state index in [9.17, 15) is 9.90 Å². The number of rotatable bonds is 3. The van der Waals surface area contributed by atoms with Gasteiger partial charge in [-0.2, -0.15) is 0 Å². The number of methoxy groups -OCH3 is 1. The van der Waals surface area contributed by atoms with Crippen LogP contribution in [0.3, 0.4) is 0 Å². The second-order valence-corrected chi connectivity index (χ2v) is 7.28. The Morgan fingerprint density at radius 3 is 2.88 bits per heavy atom. The molecule has 0 unspecified atom stereocenters. The van der Waals surface area contributed by atoms with E-state index in [1.165, 1.54) is 11.1 Å². The van der Waals surface area contributed by atoms with Crippen molar-refractivity contribution in [1.82, 2.24) is 10.2 Å². The van der Waals surface area contributed by atoms with Gasteiger partial charge in [-0.05, 0) is 55.9 Å². The van der Waals surface area contributed by atoms with Crippen molar-refractivity contribution in [3.05, 3.63) is 28.8 Å². The van der Waals surface area contributed by atoms with Crippen LogP contribution in [0.4, 0.5) is 0 Å². The first-order valence-electron chi connectivity index (χ1n) is 8.79. The van der Waals surface area contributed by atoms with Gasteiger partial charge >= 0.3 is 0 Å². The van der Waals surface area contributed by atoms with Crippen LogP contribution in [0.15, 0.2) is 12.1 Å². The zero-order valence-electron chi connectivity index (χ0n) is 14.9. The molecule has 2 fully saturated rings. The SMILES string of the molecule is COc1cc(C)c(CN2CC[C@@H](O)[C@@]3(CCCNC3=O)C2)cc1C. The minimum absolute atomic E-state index is 0.0218. The van der Waals surface area contributed by atoms with Gasteiger partial charge in [-0.25, -0.2) is 0 Å². The second kappa shape index (κ2) is 6.73. The molecule has 0 saturated carbocycles. The first-order valence-corrected chi connectivity index (χ1v) is 8.79. The molecule has 1 aromatic rings. The number of hydrogen-bond acceptors (Lipinski definition) is 4. The number of aryl methyl sites for hydroxylation is 2. The zero-order chi connectivity index (χ0) is 17.3. The van der Waals surface area contributed by atoms with Gasteiger partial charge in [0.25, 0.3) is 0 Å². The van der Waals surface area contributed by atoms with E-state index >= 15 is 0 Å². The quantitative estimate of drug-likeness (QED) is 0.886. The molecular formula is C19H28N2O3. The Morgan fingerprint density at radius 2 is 2.17 bits per heavy atom. The lowest BCUT2D eigenvalue weighted by Gasteiger charge is -2.47. The fourth-order valence-corrected chi connectivity index (χ4v) is 4.14. The highest BCUT2D eigenvalue weighted by Crippen LogP contribution is 2.38. The number of carbonyl (C=O) groups is 1. The predicted octanol–water partition coefficient (Wildman–Crippen LogP) is 1.78. The number of ether oxygens (including phenoxy) is 1. The van der Waals surface area contributed by atoms with Crippen LogP contribution in [0.5, 0.6) is 5.75 Å². The number of likely N-dealkylation sites (tertiary alicyclic amines) is 1. The standard InChI is InChI=1S/C19H28N2O3/c1-13-10-16(24-3)14(2)9-15(13)11-21-8-5-17(22)19(12-21)6-4-7-20-18(19)23/h9-10,17,22H,4-8,11-12H2,1-3H3,(H,20,23)/t17-,19-/m1/s1. The molecule has 0 aromatic heterocycles. The molecule has 5 heteroatoms. The first kappa shape index (κ1) is 17.2. The van der Waals surface area contributed by atoms with Gasteiger partial charge in [0.15, 0.2) is 0 Å². The van der Waals surface area contributed by atoms with Gasteiger partial charge in [0.05, 0.1) is 18.6 Å². The topological polar surface area (TPSA) is 61.8 Å². The van der Waals surface area contributed by atoms with Crippen LogP contribution in [0.1, 0.15) is 36.0 Å². The Kier molecular flexibility index (Phi) is 4.83. The third kappa shape index (κ3) is 3.03. The van der Waals surface area contributed by atoms with E-state index in [4.69, 9.17) is 4.74 Å². The minimum atomic E-state index is -0.633. The van der Waals surface area contributed by atoms with Crippen molar-refractivity contribution >= 4 is 5.91 Å². The van der Waals surface area contributed by atoms with Gasteiger partial charge in [0, 0.05) is 26.2 Å². The normalized spacial score (nSPS) is 28.0. The van der Waals surface area contributed by atoms with Gasteiger partial charge in [0.2, 0.25) is 5.91 Å². The molecule has 5 nitrogen and oxygen atoms in total. The highest BCUT2D eigenvalue weighted by Gasteiger charge is 2.49. The molecule has 2 aliphatic rings. The van der Waals surface area contributed by atoms with Crippen LogP contribution >= 0.6 is 0 Å². The van der Waals surface area contributed by atoms with Gasteiger partial charge < -0.3 is 15.2 Å². The fourth-order valence-electron chi connectivity index (χ4n) is 4.14. The summed E-state index contributed by atoms with van der Waals surface area (Å²) in [6.45, 7) is 7.13.